The van der Waals surface area contributed by atoms with E-state index in [1.165, 1.54) is 0 Å². The van der Waals surface area contributed by atoms with Crippen molar-refractivity contribution in [2.24, 2.45) is 5.92 Å². The second-order valence-corrected chi connectivity index (χ2v) is 2.89. The summed E-state index contributed by atoms with van der Waals surface area (Å²) in [7, 11) is 1.99. The number of Topliss-reactive ketones (excluding diaryl/α,β-unsaturated/α-hetero) is 1. The number of hydrogen-bond donors (Lipinski definition) is 0. The highest BCUT2D eigenvalue weighted by Crippen LogP contribution is 2.10. The predicted molar refractivity (Wildman–Crippen MR) is 43.4 cm³/mol. The van der Waals surface area contributed by atoms with Crippen LogP contribution in [0.5, 0.6) is 0 Å². The number of hydrogen-bond acceptors (Lipinski definition) is 3. The van der Waals surface area contributed by atoms with E-state index < -0.39 is 0 Å². The molecule has 3 nitrogen and oxygen atoms in total. The second kappa shape index (κ2) is 5.02. The largest absolute Gasteiger partial charge is 0.307 e. The number of carbonyl (C=O) groups is 2. The lowest BCUT2D eigenvalue weighted by Gasteiger charge is -2.24. The van der Waals surface area contributed by atoms with Gasteiger partial charge < -0.3 is 4.79 Å². The van der Waals surface area contributed by atoms with E-state index in [0.717, 1.165) is 13.0 Å². The average molecular weight is 157 g/mol. The van der Waals surface area contributed by atoms with Crippen LogP contribution in [0, 0.1) is 5.92 Å². The summed E-state index contributed by atoms with van der Waals surface area (Å²) < 4.78 is 0. The van der Waals surface area contributed by atoms with Gasteiger partial charge in [0.05, 0.1) is 6.54 Å². The number of likely N-dealkylation sites (N-methyl/N-ethyl adjacent to an activating group) is 1. The van der Waals surface area contributed by atoms with Crippen LogP contribution in [0.3, 0.4) is 0 Å². The molecule has 3 heteroatoms. The van der Waals surface area contributed by atoms with E-state index in [4.69, 9.17) is 4.79 Å². The Labute approximate surface area is 67.4 Å². The Morgan fingerprint density at radius 3 is 2.45 bits per heavy atom. The van der Waals surface area contributed by atoms with Crippen molar-refractivity contribution in [3.05, 3.63) is 0 Å². The van der Waals surface area contributed by atoms with Crippen molar-refractivity contribution in [3.63, 3.8) is 0 Å². The van der Waals surface area contributed by atoms with Gasteiger partial charge in [-0.1, -0.05) is 6.92 Å². The predicted octanol–water partition coefficient (Wildman–Crippen LogP) is 0.342. The molecule has 1 aliphatic rings. The zero-order valence-corrected chi connectivity index (χ0v) is 7.17. The van der Waals surface area contributed by atoms with Gasteiger partial charge in [0.2, 0.25) is 0 Å². The first-order valence-corrected chi connectivity index (χ1v) is 3.70. The lowest BCUT2D eigenvalue weighted by atomic mass is 9.98. The molecule has 0 radical (unpaired) electrons. The normalized spacial score (nSPS) is 25.6. The summed E-state index contributed by atoms with van der Waals surface area (Å²) in [6.45, 7) is 5.74. The third-order valence-corrected chi connectivity index (χ3v) is 1.92. The zero-order valence-electron chi connectivity index (χ0n) is 7.17. The Balaban J connectivity index is 0.000000461. The molecule has 0 saturated carbocycles. The second-order valence-electron chi connectivity index (χ2n) is 2.89. The van der Waals surface area contributed by atoms with Crippen LogP contribution in [0.1, 0.15) is 13.3 Å². The van der Waals surface area contributed by atoms with E-state index in [-0.39, 0.29) is 0 Å². The molecule has 1 rings (SSSR count). The summed E-state index contributed by atoms with van der Waals surface area (Å²) in [6, 6.07) is 0. The van der Waals surface area contributed by atoms with E-state index in [1.807, 2.05) is 20.8 Å². The third kappa shape index (κ3) is 3.28. The van der Waals surface area contributed by atoms with Crippen LogP contribution in [-0.4, -0.2) is 37.6 Å². The lowest BCUT2D eigenvalue weighted by Crippen LogP contribution is -2.37. The van der Waals surface area contributed by atoms with Gasteiger partial charge in [-0.3, -0.25) is 9.69 Å². The quantitative estimate of drug-likeness (QED) is 0.509. The van der Waals surface area contributed by atoms with Crippen LogP contribution in [-0.2, 0) is 9.59 Å². The SMILES string of the molecule is C=O.CC1CCN(C)CC1=O. The van der Waals surface area contributed by atoms with E-state index in [0.29, 0.717) is 18.2 Å². The van der Waals surface area contributed by atoms with Crippen molar-refractivity contribution in [1.82, 2.24) is 4.90 Å². The maximum absolute atomic E-state index is 11.0. The minimum atomic E-state index is 0.307. The van der Waals surface area contributed by atoms with E-state index in [1.54, 1.807) is 0 Å². The minimum absolute atomic E-state index is 0.307. The fourth-order valence-electron chi connectivity index (χ4n) is 1.08. The van der Waals surface area contributed by atoms with Crippen molar-refractivity contribution >= 4 is 12.6 Å². The van der Waals surface area contributed by atoms with Crippen molar-refractivity contribution in [1.29, 1.82) is 0 Å². The van der Waals surface area contributed by atoms with Crippen LogP contribution >= 0.6 is 0 Å². The van der Waals surface area contributed by atoms with E-state index >= 15 is 0 Å². The van der Waals surface area contributed by atoms with Crippen molar-refractivity contribution < 1.29 is 9.59 Å². The zero-order chi connectivity index (χ0) is 8.85. The third-order valence-electron chi connectivity index (χ3n) is 1.92. The molecule has 64 valence electrons. The number of nitrogens with zero attached hydrogens (tertiary/aromatic N) is 1. The minimum Gasteiger partial charge on any atom is -0.307 e. The molecule has 0 aromatic carbocycles. The summed E-state index contributed by atoms with van der Waals surface area (Å²) in [6.07, 6.45) is 1.04. The Hall–Kier alpha value is -0.700. The molecule has 0 aromatic rings. The molecular weight excluding hydrogens is 142 g/mol. The summed E-state index contributed by atoms with van der Waals surface area (Å²) in [4.78, 5) is 21.0. The van der Waals surface area contributed by atoms with Gasteiger partial charge in [-0.2, -0.15) is 0 Å². The molecule has 0 spiro atoms. The number of carbonyl (C=O) groups excluding carboxylic acids is 2. The summed E-state index contributed by atoms with van der Waals surface area (Å²) >= 11 is 0. The van der Waals surface area contributed by atoms with Gasteiger partial charge in [0.1, 0.15) is 12.6 Å². The Morgan fingerprint density at radius 1 is 1.55 bits per heavy atom. The lowest BCUT2D eigenvalue weighted by molar-refractivity contribution is -0.125. The molecule has 0 aliphatic carbocycles. The molecule has 0 amide bonds. The van der Waals surface area contributed by atoms with Crippen molar-refractivity contribution in [3.8, 4) is 0 Å². The molecule has 0 N–H and O–H groups in total. The maximum atomic E-state index is 11.0. The molecule has 1 atom stereocenters. The summed E-state index contributed by atoms with van der Waals surface area (Å²) in [5.41, 5.74) is 0. The monoisotopic (exact) mass is 157 g/mol. The Bertz CT molecular complexity index is 136. The number of ketones is 1. The topological polar surface area (TPSA) is 37.4 Å². The van der Waals surface area contributed by atoms with Gasteiger partial charge in [-0.05, 0) is 20.0 Å². The highest BCUT2D eigenvalue weighted by molar-refractivity contribution is 5.83. The number of rotatable bonds is 0. The Kier molecular flexibility index (Phi) is 4.70. The highest BCUT2D eigenvalue weighted by Gasteiger charge is 2.20. The summed E-state index contributed by atoms with van der Waals surface area (Å²) in [5.74, 6) is 0.699. The first-order chi connectivity index (χ1) is 5.20. The molecule has 1 aliphatic heterocycles. The fourth-order valence-corrected chi connectivity index (χ4v) is 1.08. The fraction of sp³-hybridized carbons (Fsp3) is 0.750. The Morgan fingerprint density at radius 2 is 2.09 bits per heavy atom. The van der Waals surface area contributed by atoms with Crippen molar-refractivity contribution in [2.75, 3.05) is 20.1 Å². The van der Waals surface area contributed by atoms with Crippen LogP contribution in [0.4, 0.5) is 0 Å². The van der Waals surface area contributed by atoms with Gasteiger partial charge in [-0.15, -0.1) is 0 Å². The van der Waals surface area contributed by atoms with Crippen LogP contribution < -0.4 is 0 Å². The smallest absolute Gasteiger partial charge is 0.149 e. The molecule has 0 bridgehead atoms. The summed E-state index contributed by atoms with van der Waals surface area (Å²) in [5, 5.41) is 0. The van der Waals surface area contributed by atoms with Crippen LogP contribution in [0.25, 0.3) is 0 Å². The van der Waals surface area contributed by atoms with E-state index in [9.17, 15) is 4.79 Å². The molecule has 0 aromatic heterocycles. The average Bonchev–Trinajstić information content (AvgIpc) is 2.02. The molecule has 1 heterocycles. The van der Waals surface area contributed by atoms with Crippen LogP contribution in [0.2, 0.25) is 0 Å². The van der Waals surface area contributed by atoms with Crippen LogP contribution in [0.15, 0.2) is 0 Å². The molecule has 1 unspecified atom stereocenters. The number of likely N-dealkylation sites (tertiary alicyclic amines) is 1. The van der Waals surface area contributed by atoms with Gasteiger partial charge in [0.25, 0.3) is 0 Å². The van der Waals surface area contributed by atoms with Gasteiger partial charge in [0, 0.05) is 5.92 Å². The first kappa shape index (κ1) is 10.3. The number of piperidine rings is 1. The van der Waals surface area contributed by atoms with Gasteiger partial charge in [-0.25, -0.2) is 0 Å². The van der Waals surface area contributed by atoms with Gasteiger partial charge >= 0.3 is 0 Å². The molecular formula is C8H15NO2. The first-order valence-electron chi connectivity index (χ1n) is 3.70. The highest BCUT2D eigenvalue weighted by atomic mass is 16.1. The molecule has 11 heavy (non-hydrogen) atoms. The standard InChI is InChI=1S/C7H13NO.CH2O/c1-6-3-4-8(2)5-7(6)9;1-2/h6H,3-5H2,1-2H3;1H2. The van der Waals surface area contributed by atoms with E-state index in [2.05, 4.69) is 4.90 Å². The van der Waals surface area contributed by atoms with Crippen molar-refractivity contribution in [2.45, 2.75) is 13.3 Å². The maximum Gasteiger partial charge on any atom is 0.149 e. The molecule has 1 fully saturated rings. The van der Waals surface area contributed by atoms with Gasteiger partial charge in [0.15, 0.2) is 0 Å². The molecule has 1 saturated heterocycles.